The molecule has 0 unspecified atom stereocenters. The predicted octanol–water partition coefficient (Wildman–Crippen LogP) is 3.75. The zero-order chi connectivity index (χ0) is 14.3. The molecule has 0 saturated carbocycles. The van der Waals surface area contributed by atoms with Crippen LogP contribution in [0.2, 0.25) is 0 Å². The van der Waals surface area contributed by atoms with Crippen molar-refractivity contribution in [2.45, 2.75) is 0 Å². The monoisotopic (exact) mass is 260 g/mol. The highest BCUT2D eigenvalue weighted by atomic mass is 16.1. The van der Waals surface area contributed by atoms with Gasteiger partial charge in [0.15, 0.2) is 11.6 Å². The molecule has 0 saturated heterocycles. The van der Waals surface area contributed by atoms with Gasteiger partial charge in [0.25, 0.3) is 0 Å². The first kappa shape index (κ1) is 12.3. The van der Waals surface area contributed by atoms with Crippen LogP contribution in [-0.4, -0.2) is 11.6 Å². The lowest BCUT2D eigenvalue weighted by atomic mass is 9.80. The van der Waals surface area contributed by atoms with Crippen molar-refractivity contribution in [3.8, 4) is 0 Å². The van der Waals surface area contributed by atoms with Crippen LogP contribution in [0.4, 0.5) is 0 Å². The summed E-state index contributed by atoms with van der Waals surface area (Å²) in [5.41, 5.74) is 3.15. The van der Waals surface area contributed by atoms with Crippen molar-refractivity contribution in [2.24, 2.45) is 0 Å². The normalized spacial score (nSPS) is 12.6. The van der Waals surface area contributed by atoms with E-state index in [9.17, 15) is 9.59 Å². The maximum Gasteiger partial charge on any atom is 0.195 e. The number of carbonyl (C=O) groups excluding carboxylic acids is 2. The average molecular weight is 260 g/mol. The van der Waals surface area contributed by atoms with E-state index in [4.69, 9.17) is 0 Å². The quantitative estimate of drug-likeness (QED) is 0.703. The molecule has 0 aliphatic heterocycles. The topological polar surface area (TPSA) is 34.1 Å². The van der Waals surface area contributed by atoms with Crippen LogP contribution in [0, 0.1) is 0 Å². The molecule has 0 N–H and O–H groups in total. The minimum Gasteiger partial charge on any atom is -0.289 e. The smallest absolute Gasteiger partial charge is 0.195 e. The van der Waals surface area contributed by atoms with Gasteiger partial charge in [0.05, 0.1) is 0 Å². The number of hydrogen-bond donors (Lipinski definition) is 0. The molecule has 3 rings (SSSR count). The van der Waals surface area contributed by atoms with Gasteiger partial charge in [-0.15, -0.1) is 0 Å². The zero-order valence-electron chi connectivity index (χ0n) is 10.8. The van der Waals surface area contributed by atoms with Crippen molar-refractivity contribution in [3.05, 3.63) is 82.9 Å². The Hall–Kier alpha value is -2.74. The Balaban J connectivity index is 2.39. The van der Waals surface area contributed by atoms with Crippen LogP contribution in [0.1, 0.15) is 43.0 Å². The van der Waals surface area contributed by atoms with Crippen molar-refractivity contribution in [3.63, 3.8) is 0 Å². The van der Waals surface area contributed by atoms with Crippen molar-refractivity contribution in [2.75, 3.05) is 0 Å². The number of carbonyl (C=O) groups is 2. The van der Waals surface area contributed by atoms with Crippen molar-refractivity contribution in [1.82, 2.24) is 0 Å². The second-order valence-corrected chi connectivity index (χ2v) is 4.61. The molecule has 0 fully saturated rings. The van der Waals surface area contributed by atoms with Crippen LogP contribution < -0.4 is 0 Å². The van der Waals surface area contributed by atoms with E-state index in [0.717, 1.165) is 0 Å². The molecule has 0 amide bonds. The highest BCUT2D eigenvalue weighted by Gasteiger charge is 2.32. The summed E-state index contributed by atoms with van der Waals surface area (Å²) in [6.07, 6.45) is 3.21. The summed E-state index contributed by atoms with van der Waals surface area (Å²) in [5.74, 6) is -0.261. The van der Waals surface area contributed by atoms with Crippen molar-refractivity contribution >= 4 is 23.7 Å². The first-order chi connectivity index (χ1) is 9.69. The zero-order valence-corrected chi connectivity index (χ0v) is 10.8. The summed E-state index contributed by atoms with van der Waals surface area (Å²) < 4.78 is 0. The van der Waals surface area contributed by atoms with E-state index in [0.29, 0.717) is 33.4 Å². The fraction of sp³-hybridized carbons (Fsp3) is 0. The van der Waals surface area contributed by atoms with E-state index < -0.39 is 0 Å². The van der Waals surface area contributed by atoms with Crippen LogP contribution in [0.15, 0.2) is 49.6 Å². The summed E-state index contributed by atoms with van der Waals surface area (Å²) in [6.45, 7) is 7.42. The van der Waals surface area contributed by atoms with Crippen LogP contribution >= 0.6 is 0 Å². The molecular formula is C18H12O2. The minimum absolute atomic E-state index is 0.131. The minimum atomic E-state index is -0.131. The first-order valence-corrected chi connectivity index (χ1v) is 6.29. The fourth-order valence-corrected chi connectivity index (χ4v) is 2.64. The molecule has 0 spiro atoms. The summed E-state index contributed by atoms with van der Waals surface area (Å²) in [7, 11) is 0. The molecule has 1 aliphatic carbocycles. The molecule has 0 atom stereocenters. The molecule has 2 heteroatoms. The standard InChI is InChI=1S/C18H12O2/c1-3-11-7-5-9-13-15(11)17(19)14-10-6-8-12(4-2)16(14)18(13)20/h3-10H,1-2H2. The Morgan fingerprint density at radius 2 is 1.10 bits per heavy atom. The summed E-state index contributed by atoms with van der Waals surface area (Å²) >= 11 is 0. The Morgan fingerprint density at radius 1 is 0.700 bits per heavy atom. The molecule has 0 aromatic heterocycles. The number of ketones is 2. The maximum absolute atomic E-state index is 12.7. The molecule has 2 aromatic rings. The molecule has 96 valence electrons. The number of rotatable bonds is 2. The van der Waals surface area contributed by atoms with Crippen molar-refractivity contribution in [1.29, 1.82) is 0 Å². The lowest BCUT2D eigenvalue weighted by Crippen LogP contribution is -2.22. The molecule has 1 aliphatic rings. The third-order valence-corrected chi connectivity index (χ3v) is 3.58. The summed E-state index contributed by atoms with van der Waals surface area (Å²) in [4.78, 5) is 25.3. The van der Waals surface area contributed by atoms with Crippen LogP contribution in [-0.2, 0) is 0 Å². The van der Waals surface area contributed by atoms with Crippen molar-refractivity contribution < 1.29 is 9.59 Å². The van der Waals surface area contributed by atoms with Crippen LogP contribution in [0.5, 0.6) is 0 Å². The molecule has 0 bridgehead atoms. The van der Waals surface area contributed by atoms with Crippen LogP contribution in [0.25, 0.3) is 12.2 Å². The molecule has 2 aromatic carbocycles. The number of fused-ring (bicyclic) bond motifs is 2. The second-order valence-electron chi connectivity index (χ2n) is 4.61. The summed E-state index contributed by atoms with van der Waals surface area (Å²) in [5, 5.41) is 0. The van der Waals surface area contributed by atoms with Gasteiger partial charge in [-0.25, -0.2) is 0 Å². The fourth-order valence-electron chi connectivity index (χ4n) is 2.64. The molecule has 2 nitrogen and oxygen atoms in total. The highest BCUT2D eigenvalue weighted by Crippen LogP contribution is 2.32. The van der Waals surface area contributed by atoms with Gasteiger partial charge in [0.1, 0.15) is 0 Å². The van der Waals surface area contributed by atoms with E-state index in [1.165, 1.54) is 0 Å². The van der Waals surface area contributed by atoms with Crippen LogP contribution in [0.3, 0.4) is 0 Å². The van der Waals surface area contributed by atoms with Gasteiger partial charge >= 0.3 is 0 Å². The molecule has 0 heterocycles. The van der Waals surface area contributed by atoms with E-state index >= 15 is 0 Å². The second kappa shape index (κ2) is 4.42. The Kier molecular flexibility index (Phi) is 2.72. The largest absolute Gasteiger partial charge is 0.289 e. The lowest BCUT2D eigenvalue weighted by molar-refractivity contribution is 0.0979. The van der Waals surface area contributed by atoms with Gasteiger partial charge in [-0.05, 0) is 11.1 Å². The first-order valence-electron chi connectivity index (χ1n) is 6.29. The Morgan fingerprint density at radius 3 is 1.45 bits per heavy atom. The van der Waals surface area contributed by atoms with E-state index in [2.05, 4.69) is 13.2 Å². The van der Waals surface area contributed by atoms with E-state index in [1.54, 1.807) is 48.6 Å². The Bertz CT molecular complexity index is 715. The lowest BCUT2D eigenvalue weighted by Gasteiger charge is -2.20. The number of hydrogen-bond acceptors (Lipinski definition) is 2. The van der Waals surface area contributed by atoms with Gasteiger partial charge in [-0.1, -0.05) is 61.7 Å². The SMILES string of the molecule is C=Cc1cccc2c1C(=O)c1cccc(C=C)c1C2=O. The third-order valence-electron chi connectivity index (χ3n) is 3.58. The molecule has 0 radical (unpaired) electrons. The van der Waals surface area contributed by atoms with Gasteiger partial charge in [0.2, 0.25) is 0 Å². The van der Waals surface area contributed by atoms with Gasteiger partial charge in [-0.2, -0.15) is 0 Å². The average Bonchev–Trinajstić information content (AvgIpc) is 2.50. The third kappa shape index (κ3) is 1.51. The van der Waals surface area contributed by atoms with E-state index in [1.807, 2.05) is 0 Å². The van der Waals surface area contributed by atoms with Gasteiger partial charge in [-0.3, -0.25) is 9.59 Å². The predicted molar refractivity (Wildman–Crippen MR) is 79.9 cm³/mol. The number of benzene rings is 2. The highest BCUT2D eigenvalue weighted by molar-refractivity contribution is 6.30. The van der Waals surface area contributed by atoms with E-state index in [-0.39, 0.29) is 11.6 Å². The molecular weight excluding hydrogens is 248 g/mol. The van der Waals surface area contributed by atoms with Gasteiger partial charge < -0.3 is 0 Å². The maximum atomic E-state index is 12.7. The van der Waals surface area contributed by atoms with Gasteiger partial charge in [0, 0.05) is 22.3 Å². The Labute approximate surface area is 117 Å². The molecule has 20 heavy (non-hydrogen) atoms. The summed E-state index contributed by atoms with van der Waals surface area (Å²) in [6, 6.07) is 10.5.